The fraction of sp³-hybridized carbons (Fsp3) is 0.545. The van der Waals surface area contributed by atoms with Crippen molar-refractivity contribution in [1.82, 2.24) is 9.88 Å². The zero-order chi connectivity index (χ0) is 20.3. The zero-order valence-corrected chi connectivity index (χ0v) is 17.8. The van der Waals surface area contributed by atoms with E-state index in [-0.39, 0.29) is 11.6 Å². The van der Waals surface area contributed by atoms with Crippen LogP contribution in [0.3, 0.4) is 0 Å². The van der Waals surface area contributed by atoms with Crippen LogP contribution in [0.2, 0.25) is 0 Å². The topological polar surface area (TPSA) is 67.6 Å². The van der Waals surface area contributed by atoms with Crippen LogP contribution in [0.5, 0.6) is 11.5 Å². The van der Waals surface area contributed by atoms with Crippen LogP contribution in [0.25, 0.3) is 10.6 Å². The smallest absolute Gasteiger partial charge is 0.132 e. The molecule has 1 aromatic heterocycles. The average Bonchev–Trinajstić information content (AvgIpc) is 3.22. The molecule has 2 aromatic rings. The molecular formula is C22H27N3O3S. The Bertz CT molecular complexity index is 880. The Morgan fingerprint density at radius 1 is 1.28 bits per heavy atom. The number of aromatic nitrogens is 1. The molecule has 1 aromatic carbocycles. The number of likely N-dealkylation sites (tertiary alicyclic amines) is 1. The number of benzene rings is 1. The van der Waals surface area contributed by atoms with Crippen molar-refractivity contribution in [2.45, 2.75) is 50.3 Å². The maximum Gasteiger partial charge on any atom is 0.132 e. The van der Waals surface area contributed by atoms with Gasteiger partial charge in [-0.1, -0.05) is 0 Å². The van der Waals surface area contributed by atoms with Crippen LogP contribution >= 0.6 is 11.3 Å². The minimum Gasteiger partial charge on any atom is -0.497 e. The maximum atomic E-state index is 9.94. The van der Waals surface area contributed by atoms with Gasteiger partial charge in [-0.15, -0.1) is 11.3 Å². The van der Waals surface area contributed by atoms with Gasteiger partial charge in [0.25, 0.3) is 0 Å². The molecule has 2 aliphatic heterocycles. The van der Waals surface area contributed by atoms with Crippen molar-refractivity contribution in [3.05, 3.63) is 29.3 Å². The van der Waals surface area contributed by atoms with E-state index in [4.69, 9.17) is 19.2 Å². The normalized spacial score (nSPS) is 24.9. The Morgan fingerprint density at radius 3 is 2.86 bits per heavy atom. The van der Waals surface area contributed by atoms with E-state index in [1.54, 1.807) is 25.6 Å². The lowest BCUT2D eigenvalue weighted by molar-refractivity contribution is -0.138. The van der Waals surface area contributed by atoms with Gasteiger partial charge in [-0.2, -0.15) is 5.26 Å². The van der Waals surface area contributed by atoms with E-state index in [1.165, 1.54) is 0 Å². The van der Waals surface area contributed by atoms with E-state index in [0.717, 1.165) is 73.0 Å². The first-order valence-corrected chi connectivity index (χ1v) is 11.0. The molecule has 6 nitrogen and oxygen atoms in total. The lowest BCUT2D eigenvalue weighted by Gasteiger charge is -2.48. The molecule has 4 rings (SSSR count). The van der Waals surface area contributed by atoms with Crippen LogP contribution < -0.4 is 9.47 Å². The molecule has 0 aliphatic carbocycles. The molecular weight excluding hydrogens is 386 g/mol. The molecule has 0 unspecified atom stereocenters. The summed E-state index contributed by atoms with van der Waals surface area (Å²) in [4.78, 5) is 7.10. The number of rotatable bonds is 5. The third-order valence-corrected chi connectivity index (χ3v) is 6.90. The van der Waals surface area contributed by atoms with Crippen molar-refractivity contribution in [3.8, 4) is 28.1 Å². The van der Waals surface area contributed by atoms with Gasteiger partial charge >= 0.3 is 0 Å². The van der Waals surface area contributed by atoms with E-state index >= 15 is 0 Å². The van der Waals surface area contributed by atoms with Gasteiger partial charge in [0.05, 0.1) is 37.1 Å². The van der Waals surface area contributed by atoms with Crippen molar-refractivity contribution in [2.24, 2.45) is 0 Å². The third-order valence-electron chi connectivity index (χ3n) is 5.97. The number of ether oxygens (including phenoxy) is 3. The van der Waals surface area contributed by atoms with Crippen LogP contribution in [0.1, 0.15) is 37.8 Å². The zero-order valence-electron chi connectivity index (χ0n) is 17.0. The monoisotopic (exact) mass is 413 g/mol. The highest BCUT2D eigenvalue weighted by Gasteiger charge is 2.47. The van der Waals surface area contributed by atoms with Gasteiger partial charge in [-0.05, 0) is 44.2 Å². The molecule has 2 fully saturated rings. The summed E-state index contributed by atoms with van der Waals surface area (Å²) in [5.41, 5.74) is 1.63. The lowest BCUT2D eigenvalue weighted by Crippen LogP contribution is -2.58. The molecule has 2 aliphatic rings. The number of nitrogens with zero attached hydrogens (tertiary/aromatic N) is 3. The molecule has 2 saturated heterocycles. The minimum absolute atomic E-state index is 0.211. The molecule has 2 atom stereocenters. The van der Waals surface area contributed by atoms with Gasteiger partial charge in [0.15, 0.2) is 0 Å². The Hall–Kier alpha value is -2.14. The summed E-state index contributed by atoms with van der Waals surface area (Å²) in [6.07, 6.45) is 5.25. The molecule has 3 heterocycles. The van der Waals surface area contributed by atoms with Gasteiger partial charge in [0, 0.05) is 31.1 Å². The fourth-order valence-electron chi connectivity index (χ4n) is 4.52. The van der Waals surface area contributed by atoms with E-state index in [2.05, 4.69) is 16.3 Å². The summed E-state index contributed by atoms with van der Waals surface area (Å²) in [5.74, 6) is 1.50. The molecule has 0 saturated carbocycles. The summed E-state index contributed by atoms with van der Waals surface area (Å²) in [7, 11) is 3.30. The van der Waals surface area contributed by atoms with Gasteiger partial charge < -0.3 is 14.2 Å². The highest BCUT2D eigenvalue weighted by Crippen LogP contribution is 2.39. The van der Waals surface area contributed by atoms with Crippen LogP contribution in [0.4, 0.5) is 0 Å². The summed E-state index contributed by atoms with van der Waals surface area (Å²) >= 11 is 1.60. The fourth-order valence-corrected chi connectivity index (χ4v) is 5.36. The van der Waals surface area contributed by atoms with Gasteiger partial charge in [-0.3, -0.25) is 4.90 Å². The number of thiazole rings is 1. The van der Waals surface area contributed by atoms with E-state index in [1.807, 2.05) is 18.2 Å². The Kier molecular flexibility index (Phi) is 6.04. The Morgan fingerprint density at radius 2 is 2.14 bits per heavy atom. The first kappa shape index (κ1) is 20.1. The van der Waals surface area contributed by atoms with Crippen molar-refractivity contribution in [2.75, 3.05) is 27.4 Å². The van der Waals surface area contributed by atoms with Gasteiger partial charge in [0.1, 0.15) is 22.5 Å². The van der Waals surface area contributed by atoms with Crippen LogP contribution in [0.15, 0.2) is 23.6 Å². The lowest BCUT2D eigenvalue weighted by atomic mass is 9.79. The first-order valence-electron chi connectivity index (χ1n) is 10.1. The SMILES string of the molecule is COc1ccc(-c2nc(CN3CCC[C@]4(CCCCO4)[C@@H]3C#N)cs2)c(OC)c1. The third kappa shape index (κ3) is 3.97. The quantitative estimate of drug-likeness (QED) is 0.730. The predicted molar refractivity (Wildman–Crippen MR) is 112 cm³/mol. The van der Waals surface area contributed by atoms with Crippen molar-refractivity contribution < 1.29 is 14.2 Å². The number of piperidine rings is 1. The number of methoxy groups -OCH3 is 2. The molecule has 0 N–H and O–H groups in total. The van der Waals surface area contributed by atoms with Crippen LogP contribution in [-0.2, 0) is 11.3 Å². The highest BCUT2D eigenvalue weighted by molar-refractivity contribution is 7.13. The number of nitriles is 1. The second-order valence-electron chi connectivity index (χ2n) is 7.69. The molecule has 0 radical (unpaired) electrons. The number of hydrogen-bond acceptors (Lipinski definition) is 7. The molecule has 154 valence electrons. The van der Waals surface area contributed by atoms with Crippen molar-refractivity contribution >= 4 is 11.3 Å². The predicted octanol–water partition coefficient (Wildman–Crippen LogP) is 4.25. The second-order valence-corrected chi connectivity index (χ2v) is 8.54. The summed E-state index contributed by atoms with van der Waals surface area (Å²) in [5, 5.41) is 12.9. The van der Waals surface area contributed by atoms with Crippen LogP contribution in [-0.4, -0.2) is 48.9 Å². The molecule has 0 bridgehead atoms. The summed E-state index contributed by atoms with van der Waals surface area (Å²) < 4.78 is 17.0. The van der Waals surface area contributed by atoms with Gasteiger partial charge in [-0.25, -0.2) is 4.98 Å². The van der Waals surface area contributed by atoms with Crippen LogP contribution in [0, 0.1) is 11.3 Å². The van der Waals surface area contributed by atoms with E-state index in [0.29, 0.717) is 6.54 Å². The van der Waals surface area contributed by atoms with Crippen molar-refractivity contribution in [1.29, 1.82) is 5.26 Å². The minimum atomic E-state index is -0.302. The molecule has 1 spiro atoms. The maximum absolute atomic E-state index is 9.94. The van der Waals surface area contributed by atoms with Gasteiger partial charge in [0.2, 0.25) is 0 Å². The second kappa shape index (κ2) is 8.70. The van der Waals surface area contributed by atoms with E-state index in [9.17, 15) is 5.26 Å². The Labute approximate surface area is 176 Å². The standard InChI is InChI=1S/C22H27N3O3S/c1-26-17-6-7-18(19(12-17)27-2)21-24-16(15-29-21)14-25-10-5-9-22(20(25)13-23)8-3-4-11-28-22/h6-7,12,15,20H,3-5,8-11,14H2,1-2H3/t20-,22+/m0/s1. The largest absolute Gasteiger partial charge is 0.497 e. The molecule has 7 heteroatoms. The summed E-state index contributed by atoms with van der Waals surface area (Å²) in [6, 6.07) is 8.10. The Balaban J connectivity index is 1.54. The average molecular weight is 414 g/mol. The summed E-state index contributed by atoms with van der Waals surface area (Å²) in [6.45, 7) is 2.34. The van der Waals surface area contributed by atoms with E-state index < -0.39 is 0 Å². The highest BCUT2D eigenvalue weighted by atomic mass is 32.1. The molecule has 29 heavy (non-hydrogen) atoms. The number of hydrogen-bond donors (Lipinski definition) is 0. The van der Waals surface area contributed by atoms with Crippen molar-refractivity contribution in [3.63, 3.8) is 0 Å². The first-order chi connectivity index (χ1) is 14.2. The molecule has 0 amide bonds.